The number of hydrogen-bond donors (Lipinski definition) is 2. The van der Waals surface area contributed by atoms with Gasteiger partial charge in [-0.05, 0) is 28.1 Å². The maximum absolute atomic E-state index is 13.7. The van der Waals surface area contributed by atoms with E-state index in [1.165, 1.54) is 25.3 Å². The second-order valence-corrected chi connectivity index (χ2v) is 4.60. The zero-order valence-electron chi connectivity index (χ0n) is 10.2. The first-order valence-electron chi connectivity index (χ1n) is 5.44. The first kappa shape index (κ1) is 15.6. The Bertz CT molecular complexity index is 481. The maximum Gasteiger partial charge on any atom is 0.326 e. The van der Waals surface area contributed by atoms with E-state index in [9.17, 15) is 14.0 Å². The Morgan fingerprint density at radius 1 is 1.53 bits per heavy atom. The third-order valence-corrected chi connectivity index (χ3v) is 3.02. The van der Waals surface area contributed by atoms with Crippen LogP contribution in [0.5, 0.6) is 0 Å². The van der Waals surface area contributed by atoms with E-state index in [1.54, 1.807) is 0 Å². The van der Waals surface area contributed by atoms with E-state index in [1.807, 2.05) is 0 Å². The van der Waals surface area contributed by atoms with Crippen molar-refractivity contribution in [3.8, 4) is 0 Å². The van der Waals surface area contributed by atoms with Gasteiger partial charge in [0.15, 0.2) is 0 Å². The number of carbonyl (C=O) groups is 2. The smallest absolute Gasteiger partial charge is 0.326 e. The van der Waals surface area contributed by atoms with E-state index in [0.29, 0.717) is 0 Å². The number of halogens is 2. The van der Waals surface area contributed by atoms with E-state index in [4.69, 9.17) is 9.84 Å². The Labute approximate surface area is 117 Å². The van der Waals surface area contributed by atoms with Crippen LogP contribution in [0.1, 0.15) is 16.8 Å². The lowest BCUT2D eigenvalue weighted by molar-refractivity contribution is -0.139. The van der Waals surface area contributed by atoms with Gasteiger partial charge in [-0.25, -0.2) is 9.18 Å². The molecule has 2 N–H and O–H groups in total. The third-order valence-electron chi connectivity index (χ3n) is 2.41. The second kappa shape index (κ2) is 7.20. The Morgan fingerprint density at radius 2 is 2.21 bits per heavy atom. The molecule has 104 valence electrons. The summed E-state index contributed by atoms with van der Waals surface area (Å²) < 4.78 is 18.6. The van der Waals surface area contributed by atoms with Crippen LogP contribution >= 0.6 is 15.9 Å². The predicted octanol–water partition coefficient (Wildman–Crippen LogP) is 1.81. The number of carboxylic acid groups (broad SMARTS) is 1. The highest BCUT2D eigenvalue weighted by atomic mass is 79.9. The summed E-state index contributed by atoms with van der Waals surface area (Å²) in [4.78, 5) is 22.8. The summed E-state index contributed by atoms with van der Waals surface area (Å²) in [5.41, 5.74) is -0.210. The summed E-state index contributed by atoms with van der Waals surface area (Å²) in [5, 5.41) is 11.2. The van der Waals surface area contributed by atoms with E-state index >= 15 is 0 Å². The lowest BCUT2D eigenvalue weighted by atomic mass is 10.1. The van der Waals surface area contributed by atoms with E-state index in [0.717, 1.165) is 0 Å². The minimum atomic E-state index is -1.19. The maximum atomic E-state index is 13.7. The summed E-state index contributed by atoms with van der Waals surface area (Å²) in [6, 6.07) is 3.11. The quantitative estimate of drug-likeness (QED) is 0.832. The van der Waals surface area contributed by atoms with Crippen LogP contribution < -0.4 is 5.32 Å². The fourth-order valence-corrected chi connectivity index (χ4v) is 1.77. The van der Waals surface area contributed by atoms with Gasteiger partial charge in [0, 0.05) is 20.1 Å². The normalized spacial score (nSPS) is 11.9. The van der Waals surface area contributed by atoms with Gasteiger partial charge in [0.25, 0.3) is 5.91 Å². The van der Waals surface area contributed by atoms with Gasteiger partial charge < -0.3 is 15.2 Å². The molecular weight excluding hydrogens is 321 g/mol. The summed E-state index contributed by atoms with van der Waals surface area (Å²) in [6.07, 6.45) is 0.104. The number of carbonyl (C=O) groups excluding carboxylic acids is 1. The minimum absolute atomic E-state index is 0.104. The van der Waals surface area contributed by atoms with Crippen LogP contribution in [-0.2, 0) is 9.53 Å². The molecule has 0 saturated heterocycles. The van der Waals surface area contributed by atoms with Gasteiger partial charge in [-0.2, -0.15) is 0 Å². The Balaban J connectivity index is 2.82. The molecule has 7 heteroatoms. The van der Waals surface area contributed by atoms with Crippen molar-refractivity contribution in [1.29, 1.82) is 0 Å². The van der Waals surface area contributed by atoms with Gasteiger partial charge in [-0.3, -0.25) is 4.79 Å². The molecule has 0 radical (unpaired) electrons. The number of nitrogens with one attached hydrogen (secondary N) is 1. The molecule has 1 rings (SSSR count). The van der Waals surface area contributed by atoms with Crippen LogP contribution in [0.2, 0.25) is 0 Å². The number of aliphatic carboxylic acids is 1. The van der Waals surface area contributed by atoms with Crippen LogP contribution in [0, 0.1) is 5.82 Å². The average Bonchev–Trinajstić information content (AvgIpc) is 2.37. The number of ether oxygens (including phenoxy) is 1. The Kier molecular flexibility index (Phi) is 5.91. The molecule has 0 aliphatic heterocycles. The molecule has 0 bridgehead atoms. The van der Waals surface area contributed by atoms with Crippen molar-refractivity contribution in [3.05, 3.63) is 34.1 Å². The predicted molar refractivity (Wildman–Crippen MR) is 69.5 cm³/mol. The van der Waals surface area contributed by atoms with Crippen LogP contribution in [-0.4, -0.2) is 36.7 Å². The lowest BCUT2D eigenvalue weighted by Gasteiger charge is -2.14. The van der Waals surface area contributed by atoms with Crippen LogP contribution in [0.4, 0.5) is 4.39 Å². The molecule has 0 saturated carbocycles. The fourth-order valence-electron chi connectivity index (χ4n) is 1.41. The monoisotopic (exact) mass is 333 g/mol. The number of carboxylic acids is 1. The van der Waals surface area contributed by atoms with Gasteiger partial charge >= 0.3 is 5.97 Å². The first-order valence-corrected chi connectivity index (χ1v) is 6.23. The van der Waals surface area contributed by atoms with Gasteiger partial charge in [0.1, 0.15) is 11.9 Å². The van der Waals surface area contributed by atoms with Gasteiger partial charge in [0.2, 0.25) is 0 Å². The second-order valence-electron chi connectivity index (χ2n) is 3.75. The zero-order valence-corrected chi connectivity index (χ0v) is 11.7. The fraction of sp³-hybridized carbons (Fsp3) is 0.333. The molecule has 0 heterocycles. The zero-order chi connectivity index (χ0) is 14.4. The molecular formula is C12H13BrFNO4. The molecule has 1 unspecified atom stereocenters. The Hall–Kier alpha value is -1.47. The number of methoxy groups -OCH3 is 1. The summed E-state index contributed by atoms with van der Waals surface area (Å²) >= 11 is 2.96. The molecule has 0 fully saturated rings. The minimum Gasteiger partial charge on any atom is -0.480 e. The molecule has 1 aromatic carbocycles. The molecule has 0 aliphatic rings. The van der Waals surface area contributed by atoms with Gasteiger partial charge in [-0.15, -0.1) is 0 Å². The van der Waals surface area contributed by atoms with Crippen LogP contribution in [0.15, 0.2) is 22.7 Å². The highest BCUT2D eigenvalue weighted by molar-refractivity contribution is 9.10. The number of hydrogen-bond acceptors (Lipinski definition) is 3. The Morgan fingerprint density at radius 3 is 2.79 bits per heavy atom. The standard InChI is InChI=1S/C12H13BrFNO4/c1-19-6-5-9(12(17)18)15-11(16)7-3-2-4-8(13)10(7)14/h2-4,9H,5-6H2,1H3,(H,15,16)(H,17,18). The summed E-state index contributed by atoms with van der Waals surface area (Å²) in [6.45, 7) is 0.179. The molecule has 0 aliphatic carbocycles. The van der Waals surface area contributed by atoms with E-state index in [-0.39, 0.29) is 23.1 Å². The van der Waals surface area contributed by atoms with Crippen LogP contribution in [0.3, 0.4) is 0 Å². The van der Waals surface area contributed by atoms with Crippen molar-refractivity contribution in [2.24, 2.45) is 0 Å². The SMILES string of the molecule is COCCC(NC(=O)c1cccc(Br)c1F)C(=O)O. The number of rotatable bonds is 6. The number of benzene rings is 1. The molecule has 19 heavy (non-hydrogen) atoms. The van der Waals surface area contributed by atoms with E-state index in [2.05, 4.69) is 21.2 Å². The van der Waals surface area contributed by atoms with Gasteiger partial charge in [-0.1, -0.05) is 6.07 Å². The van der Waals surface area contributed by atoms with Crippen molar-refractivity contribution in [1.82, 2.24) is 5.32 Å². The molecule has 5 nitrogen and oxygen atoms in total. The molecule has 0 spiro atoms. The molecule has 1 aromatic rings. The summed E-state index contributed by atoms with van der Waals surface area (Å²) in [7, 11) is 1.43. The topological polar surface area (TPSA) is 75.6 Å². The molecule has 0 aromatic heterocycles. The summed E-state index contributed by atoms with van der Waals surface area (Å²) in [5.74, 6) is -2.70. The third kappa shape index (κ3) is 4.29. The van der Waals surface area contributed by atoms with Gasteiger partial charge in [0.05, 0.1) is 10.0 Å². The molecule has 1 amide bonds. The van der Waals surface area contributed by atoms with Crippen molar-refractivity contribution < 1.29 is 23.8 Å². The average molecular weight is 334 g/mol. The largest absolute Gasteiger partial charge is 0.480 e. The highest BCUT2D eigenvalue weighted by Crippen LogP contribution is 2.18. The number of amides is 1. The van der Waals surface area contributed by atoms with Crippen molar-refractivity contribution >= 4 is 27.8 Å². The first-order chi connectivity index (χ1) is 8.97. The van der Waals surface area contributed by atoms with Crippen molar-refractivity contribution in [2.45, 2.75) is 12.5 Å². The molecule has 1 atom stereocenters. The van der Waals surface area contributed by atoms with Crippen molar-refractivity contribution in [2.75, 3.05) is 13.7 Å². The van der Waals surface area contributed by atoms with Crippen molar-refractivity contribution in [3.63, 3.8) is 0 Å². The van der Waals surface area contributed by atoms with E-state index < -0.39 is 23.7 Å². The lowest BCUT2D eigenvalue weighted by Crippen LogP contribution is -2.41. The highest BCUT2D eigenvalue weighted by Gasteiger charge is 2.22. The van der Waals surface area contributed by atoms with Crippen LogP contribution in [0.25, 0.3) is 0 Å².